The number of carbonyl (C=O) groups excluding carboxylic acids is 2. The molecule has 3 aliphatic rings. The van der Waals surface area contributed by atoms with E-state index in [2.05, 4.69) is 5.32 Å². The van der Waals surface area contributed by atoms with Crippen LogP contribution in [-0.4, -0.2) is 50.1 Å². The summed E-state index contributed by atoms with van der Waals surface area (Å²) in [6, 6.07) is 11.4. The van der Waals surface area contributed by atoms with Gasteiger partial charge < -0.3 is 19.7 Å². The third-order valence-corrected chi connectivity index (χ3v) is 9.11. The van der Waals surface area contributed by atoms with Crippen molar-refractivity contribution in [2.75, 3.05) is 27.3 Å². The van der Waals surface area contributed by atoms with Gasteiger partial charge in [-0.25, -0.2) is 0 Å². The third-order valence-electron chi connectivity index (χ3n) is 8.37. The molecule has 1 heterocycles. The summed E-state index contributed by atoms with van der Waals surface area (Å²) >= 11 is 12.3. The molecule has 2 amide bonds. The van der Waals surface area contributed by atoms with Crippen molar-refractivity contribution < 1.29 is 19.1 Å². The maximum absolute atomic E-state index is 13.2. The van der Waals surface area contributed by atoms with Gasteiger partial charge in [0, 0.05) is 31.6 Å². The van der Waals surface area contributed by atoms with Gasteiger partial charge in [0.15, 0.2) is 0 Å². The lowest BCUT2D eigenvalue weighted by Gasteiger charge is -2.33. The van der Waals surface area contributed by atoms with E-state index in [1.807, 2.05) is 35.2 Å². The van der Waals surface area contributed by atoms with Gasteiger partial charge in [-0.3, -0.25) is 9.59 Å². The van der Waals surface area contributed by atoms with Gasteiger partial charge >= 0.3 is 0 Å². The number of halogens is 2. The predicted octanol–water partition coefficient (Wildman–Crippen LogP) is 5.17. The average Bonchev–Trinajstić information content (AvgIpc) is 3.81. The first-order valence-corrected chi connectivity index (χ1v) is 13.3. The fourth-order valence-corrected chi connectivity index (χ4v) is 5.92. The van der Waals surface area contributed by atoms with Gasteiger partial charge in [-0.05, 0) is 73.3 Å². The standard InChI is InChI=1S/C28H32Cl2N2O4/c1-35-20-6-3-18(23(16-20)36-2)4-8-25(33)32-13-11-27(12-14-32)17-24(27)31-26(34)28(9-10-28)19-5-7-21(29)22(30)15-19/h3,5-7,15-16,24H,4,8-14,17H2,1-2H3,(H,31,34). The van der Waals surface area contributed by atoms with Crippen molar-refractivity contribution in [2.24, 2.45) is 5.41 Å². The van der Waals surface area contributed by atoms with Crippen molar-refractivity contribution in [3.63, 3.8) is 0 Å². The van der Waals surface area contributed by atoms with E-state index in [9.17, 15) is 9.59 Å². The fraction of sp³-hybridized carbons (Fsp3) is 0.500. The van der Waals surface area contributed by atoms with Crippen LogP contribution in [-0.2, 0) is 21.4 Å². The Morgan fingerprint density at radius 1 is 1.00 bits per heavy atom. The highest BCUT2D eigenvalue weighted by atomic mass is 35.5. The Hall–Kier alpha value is -2.44. The normalized spacial score (nSPS) is 21.1. The molecule has 6 nitrogen and oxygen atoms in total. The average molecular weight is 531 g/mol. The van der Waals surface area contributed by atoms with E-state index in [0.29, 0.717) is 22.9 Å². The quantitative estimate of drug-likeness (QED) is 0.511. The molecule has 2 aromatic rings. The van der Waals surface area contributed by atoms with E-state index in [-0.39, 0.29) is 23.3 Å². The number of piperidine rings is 1. The van der Waals surface area contributed by atoms with Gasteiger partial charge in [-0.15, -0.1) is 0 Å². The first kappa shape index (κ1) is 25.2. The summed E-state index contributed by atoms with van der Waals surface area (Å²) in [5.41, 5.74) is 1.59. The molecule has 0 aromatic heterocycles. The molecule has 2 aliphatic carbocycles. The Morgan fingerprint density at radius 3 is 2.39 bits per heavy atom. The van der Waals surface area contributed by atoms with Crippen LogP contribution in [0.2, 0.25) is 10.0 Å². The number of methoxy groups -OCH3 is 2. The minimum atomic E-state index is -0.475. The van der Waals surface area contributed by atoms with Crippen molar-refractivity contribution in [3.8, 4) is 11.5 Å². The molecular formula is C28H32Cl2N2O4. The molecule has 1 saturated heterocycles. The number of nitrogens with zero attached hydrogens (tertiary/aromatic N) is 1. The topological polar surface area (TPSA) is 67.9 Å². The van der Waals surface area contributed by atoms with Crippen LogP contribution >= 0.6 is 23.2 Å². The Labute approximate surface area is 222 Å². The fourth-order valence-electron chi connectivity index (χ4n) is 5.63. The molecule has 8 heteroatoms. The Morgan fingerprint density at radius 2 is 1.75 bits per heavy atom. The number of hydrogen-bond donors (Lipinski definition) is 1. The van der Waals surface area contributed by atoms with Crippen LogP contribution in [0, 0.1) is 5.41 Å². The van der Waals surface area contributed by atoms with Gasteiger partial charge in [0.05, 0.1) is 29.7 Å². The maximum atomic E-state index is 13.2. The first-order chi connectivity index (χ1) is 17.3. The molecule has 1 unspecified atom stereocenters. The zero-order chi connectivity index (χ0) is 25.5. The lowest BCUT2D eigenvalue weighted by molar-refractivity contribution is -0.133. The van der Waals surface area contributed by atoms with Crippen molar-refractivity contribution in [1.82, 2.24) is 10.2 Å². The van der Waals surface area contributed by atoms with Crippen molar-refractivity contribution in [3.05, 3.63) is 57.6 Å². The molecular weight excluding hydrogens is 499 g/mol. The number of carbonyl (C=O) groups is 2. The maximum Gasteiger partial charge on any atom is 0.230 e. The van der Waals surface area contributed by atoms with Gasteiger partial charge in [-0.1, -0.05) is 35.3 Å². The summed E-state index contributed by atoms with van der Waals surface area (Å²) < 4.78 is 10.7. The van der Waals surface area contributed by atoms with Crippen molar-refractivity contribution in [2.45, 2.75) is 56.4 Å². The predicted molar refractivity (Wildman–Crippen MR) is 140 cm³/mol. The highest BCUT2D eigenvalue weighted by Crippen LogP contribution is 2.56. The molecule has 0 radical (unpaired) electrons. The van der Waals surface area contributed by atoms with E-state index < -0.39 is 5.41 Å². The minimum Gasteiger partial charge on any atom is -0.497 e. The van der Waals surface area contributed by atoms with Crippen LogP contribution in [0.15, 0.2) is 36.4 Å². The second kappa shape index (κ2) is 9.79. The zero-order valence-corrected chi connectivity index (χ0v) is 22.3. The van der Waals surface area contributed by atoms with E-state index in [0.717, 1.165) is 67.8 Å². The van der Waals surface area contributed by atoms with Crippen LogP contribution in [0.4, 0.5) is 0 Å². The first-order valence-electron chi connectivity index (χ1n) is 12.6. The van der Waals surface area contributed by atoms with Crippen LogP contribution in [0.25, 0.3) is 0 Å². The summed E-state index contributed by atoms with van der Waals surface area (Å²) in [4.78, 5) is 28.1. The number of nitrogens with one attached hydrogen (secondary N) is 1. The largest absolute Gasteiger partial charge is 0.497 e. The molecule has 5 rings (SSSR count). The van der Waals surface area contributed by atoms with Gasteiger partial charge in [-0.2, -0.15) is 0 Å². The summed E-state index contributed by atoms with van der Waals surface area (Å²) in [6.45, 7) is 1.48. The molecule has 192 valence electrons. The Bertz CT molecular complexity index is 1170. The second-order valence-electron chi connectivity index (χ2n) is 10.4. The number of amides is 2. The third kappa shape index (κ3) is 4.78. The number of rotatable bonds is 8. The summed E-state index contributed by atoms with van der Waals surface area (Å²) in [7, 11) is 3.25. The smallest absolute Gasteiger partial charge is 0.230 e. The molecule has 2 saturated carbocycles. The molecule has 1 aliphatic heterocycles. The van der Waals surface area contributed by atoms with E-state index in [1.165, 1.54) is 0 Å². The summed E-state index contributed by atoms with van der Waals surface area (Å²) in [5, 5.41) is 4.31. The molecule has 1 atom stereocenters. The summed E-state index contributed by atoms with van der Waals surface area (Å²) in [6.07, 6.45) is 5.58. The highest BCUT2D eigenvalue weighted by molar-refractivity contribution is 6.42. The van der Waals surface area contributed by atoms with Gasteiger partial charge in [0.1, 0.15) is 11.5 Å². The van der Waals surface area contributed by atoms with Gasteiger partial charge in [0.25, 0.3) is 0 Å². The van der Waals surface area contributed by atoms with Crippen LogP contribution in [0.5, 0.6) is 11.5 Å². The van der Waals surface area contributed by atoms with Crippen molar-refractivity contribution >= 4 is 35.0 Å². The zero-order valence-electron chi connectivity index (χ0n) is 20.7. The van der Waals surface area contributed by atoms with Crippen molar-refractivity contribution in [1.29, 1.82) is 0 Å². The SMILES string of the molecule is COc1ccc(CCC(=O)N2CCC3(CC2)CC3NC(=O)C2(c3ccc(Cl)c(Cl)c3)CC2)c(OC)c1. The molecule has 1 N–H and O–H groups in total. The van der Waals surface area contributed by atoms with Crippen LogP contribution < -0.4 is 14.8 Å². The molecule has 36 heavy (non-hydrogen) atoms. The Balaban J connectivity index is 1.11. The molecule has 3 fully saturated rings. The number of benzene rings is 2. The molecule has 1 spiro atoms. The number of ether oxygens (including phenoxy) is 2. The Kier molecular flexibility index (Phi) is 6.86. The van der Waals surface area contributed by atoms with Crippen LogP contribution in [0.3, 0.4) is 0 Å². The van der Waals surface area contributed by atoms with E-state index in [4.69, 9.17) is 32.7 Å². The lowest BCUT2D eigenvalue weighted by atomic mass is 9.91. The monoisotopic (exact) mass is 530 g/mol. The van der Waals surface area contributed by atoms with Crippen LogP contribution in [0.1, 0.15) is 49.7 Å². The van der Waals surface area contributed by atoms with E-state index >= 15 is 0 Å². The van der Waals surface area contributed by atoms with Gasteiger partial charge in [0.2, 0.25) is 11.8 Å². The summed E-state index contributed by atoms with van der Waals surface area (Å²) in [5.74, 6) is 1.74. The molecule has 0 bridgehead atoms. The number of aryl methyl sites for hydroxylation is 1. The highest BCUT2D eigenvalue weighted by Gasteiger charge is 2.59. The minimum absolute atomic E-state index is 0.0923. The number of likely N-dealkylation sites (tertiary alicyclic amines) is 1. The van der Waals surface area contributed by atoms with E-state index in [1.54, 1.807) is 20.3 Å². The number of hydrogen-bond acceptors (Lipinski definition) is 4. The lowest BCUT2D eigenvalue weighted by Crippen LogP contribution is -2.43. The second-order valence-corrected chi connectivity index (χ2v) is 11.2. The molecule has 2 aromatic carbocycles.